The fourth-order valence-electron chi connectivity index (χ4n) is 2.45. The number of carbonyl (C=O) groups is 1. The Morgan fingerprint density at radius 3 is 2.61 bits per heavy atom. The summed E-state index contributed by atoms with van der Waals surface area (Å²) in [6.45, 7) is 0.0509. The first-order chi connectivity index (χ1) is 13.4. The van der Waals surface area contributed by atoms with E-state index in [-0.39, 0.29) is 28.7 Å². The van der Waals surface area contributed by atoms with Gasteiger partial charge in [0.25, 0.3) is 11.6 Å². The maximum absolute atomic E-state index is 12.6. The third-order valence-corrected chi connectivity index (χ3v) is 4.24. The van der Waals surface area contributed by atoms with E-state index in [1.807, 2.05) is 0 Å². The Hall–Kier alpha value is -3.46. The smallest absolute Gasteiger partial charge is 0.270 e. The van der Waals surface area contributed by atoms with Gasteiger partial charge in [0, 0.05) is 24.7 Å². The molecule has 0 atom stereocenters. The van der Waals surface area contributed by atoms with E-state index < -0.39 is 10.8 Å². The van der Waals surface area contributed by atoms with Crippen LogP contribution in [-0.2, 0) is 6.54 Å². The van der Waals surface area contributed by atoms with Gasteiger partial charge in [-0.3, -0.25) is 14.9 Å². The first kappa shape index (κ1) is 19.3. The van der Waals surface area contributed by atoms with Gasteiger partial charge >= 0.3 is 0 Å². The average molecular weight is 403 g/mol. The Morgan fingerprint density at radius 2 is 2.00 bits per heavy atom. The highest BCUT2D eigenvalue weighted by atomic mass is 35.5. The molecule has 10 heteroatoms. The highest BCUT2D eigenvalue weighted by molar-refractivity contribution is 6.34. The van der Waals surface area contributed by atoms with E-state index in [9.17, 15) is 14.9 Å². The van der Waals surface area contributed by atoms with Gasteiger partial charge in [-0.05, 0) is 30.3 Å². The van der Waals surface area contributed by atoms with Crippen LogP contribution in [0.3, 0.4) is 0 Å². The van der Waals surface area contributed by atoms with Crippen molar-refractivity contribution < 1.29 is 19.0 Å². The van der Waals surface area contributed by atoms with Gasteiger partial charge in [-0.1, -0.05) is 16.8 Å². The summed E-state index contributed by atoms with van der Waals surface area (Å²) < 4.78 is 10.3. The van der Waals surface area contributed by atoms with Crippen LogP contribution in [0.4, 0.5) is 5.69 Å². The van der Waals surface area contributed by atoms with E-state index >= 15 is 0 Å². The van der Waals surface area contributed by atoms with Gasteiger partial charge in [-0.2, -0.15) is 4.98 Å². The van der Waals surface area contributed by atoms with Crippen molar-refractivity contribution in [1.82, 2.24) is 15.0 Å². The second-order valence-corrected chi connectivity index (χ2v) is 6.23. The van der Waals surface area contributed by atoms with Crippen LogP contribution in [0.25, 0.3) is 11.4 Å². The molecule has 3 aromatic rings. The summed E-state index contributed by atoms with van der Waals surface area (Å²) in [5.41, 5.74) is 0.693. The molecule has 1 amide bonds. The predicted octanol–water partition coefficient (Wildman–Crippen LogP) is 3.58. The summed E-state index contributed by atoms with van der Waals surface area (Å²) in [7, 11) is 3.11. The van der Waals surface area contributed by atoms with Crippen molar-refractivity contribution in [3.8, 4) is 17.1 Å². The fourth-order valence-corrected chi connectivity index (χ4v) is 2.70. The maximum Gasteiger partial charge on any atom is 0.270 e. The van der Waals surface area contributed by atoms with Crippen LogP contribution in [0.15, 0.2) is 47.0 Å². The van der Waals surface area contributed by atoms with Crippen LogP contribution in [-0.4, -0.2) is 40.0 Å². The number of nitro groups is 1. The molecule has 0 unspecified atom stereocenters. The van der Waals surface area contributed by atoms with Crippen LogP contribution in [0.1, 0.15) is 16.2 Å². The topological polar surface area (TPSA) is 112 Å². The minimum absolute atomic E-state index is 0.00417. The molecule has 9 nitrogen and oxygen atoms in total. The zero-order chi connectivity index (χ0) is 20.3. The molecule has 0 aliphatic rings. The number of aromatic nitrogens is 2. The number of carbonyl (C=O) groups excluding carboxylic acids is 1. The molecule has 0 N–H and O–H groups in total. The van der Waals surface area contributed by atoms with E-state index in [4.69, 9.17) is 20.9 Å². The minimum atomic E-state index is -0.580. The first-order valence-corrected chi connectivity index (χ1v) is 8.43. The van der Waals surface area contributed by atoms with E-state index in [0.29, 0.717) is 11.6 Å². The lowest BCUT2D eigenvalue weighted by molar-refractivity contribution is -0.384. The Labute approximate surface area is 164 Å². The Bertz CT molecular complexity index is 1020. The number of benzene rings is 2. The second kappa shape index (κ2) is 8.05. The van der Waals surface area contributed by atoms with E-state index in [2.05, 4.69) is 10.1 Å². The van der Waals surface area contributed by atoms with Gasteiger partial charge in [0.2, 0.25) is 11.7 Å². The highest BCUT2D eigenvalue weighted by Crippen LogP contribution is 2.24. The quantitative estimate of drug-likeness (QED) is 0.457. The lowest BCUT2D eigenvalue weighted by atomic mass is 10.2. The first-order valence-electron chi connectivity index (χ1n) is 8.05. The van der Waals surface area contributed by atoms with Gasteiger partial charge in [0.1, 0.15) is 5.75 Å². The summed E-state index contributed by atoms with van der Waals surface area (Å²) in [5, 5.41) is 14.7. The van der Waals surface area contributed by atoms with Crippen molar-refractivity contribution >= 4 is 23.2 Å². The normalized spacial score (nSPS) is 10.5. The number of hydrogen-bond acceptors (Lipinski definition) is 7. The number of halogens is 1. The molecule has 1 aromatic heterocycles. The number of amides is 1. The molecule has 3 rings (SSSR count). The molecule has 144 valence electrons. The maximum atomic E-state index is 12.6. The highest BCUT2D eigenvalue weighted by Gasteiger charge is 2.20. The van der Waals surface area contributed by atoms with Crippen LogP contribution < -0.4 is 4.74 Å². The lowest BCUT2D eigenvalue weighted by Crippen LogP contribution is -2.26. The van der Waals surface area contributed by atoms with Crippen LogP contribution in [0.2, 0.25) is 5.02 Å². The number of non-ortho nitro benzene ring substituents is 1. The summed E-state index contributed by atoms with van der Waals surface area (Å²) >= 11 is 6.01. The molecule has 1 heterocycles. The Morgan fingerprint density at radius 1 is 1.29 bits per heavy atom. The SMILES string of the molecule is COc1ccc(-c2noc(CN(C)C(=O)c3ccc([N+](=O)[O-])cc3Cl)n2)cc1. The molecule has 0 saturated heterocycles. The average Bonchev–Trinajstić information content (AvgIpc) is 3.15. The van der Waals surface area contributed by atoms with E-state index in [0.717, 1.165) is 11.6 Å². The largest absolute Gasteiger partial charge is 0.497 e. The summed E-state index contributed by atoms with van der Waals surface area (Å²) in [5.74, 6) is 0.897. The third-order valence-electron chi connectivity index (χ3n) is 3.93. The molecule has 0 fully saturated rings. The number of hydrogen-bond donors (Lipinski definition) is 0. The second-order valence-electron chi connectivity index (χ2n) is 5.82. The Kier molecular flexibility index (Phi) is 5.55. The predicted molar refractivity (Wildman–Crippen MR) is 100 cm³/mol. The van der Waals surface area contributed by atoms with Crippen LogP contribution >= 0.6 is 11.6 Å². The number of nitro benzene ring substituents is 1. The molecule has 0 radical (unpaired) electrons. The van der Waals surface area contributed by atoms with Gasteiger partial charge in [-0.15, -0.1) is 0 Å². The molecule has 0 saturated carbocycles. The van der Waals surface area contributed by atoms with Gasteiger partial charge in [-0.25, -0.2) is 0 Å². The third kappa shape index (κ3) is 4.09. The molecule has 0 aliphatic heterocycles. The molecular weight excluding hydrogens is 388 g/mol. The van der Waals surface area contributed by atoms with Crippen molar-refractivity contribution in [2.75, 3.05) is 14.2 Å². The number of rotatable bonds is 6. The fraction of sp³-hybridized carbons (Fsp3) is 0.167. The van der Waals surface area contributed by atoms with Crippen LogP contribution in [0.5, 0.6) is 5.75 Å². The molecule has 2 aromatic carbocycles. The van der Waals surface area contributed by atoms with Crippen molar-refractivity contribution in [3.63, 3.8) is 0 Å². The van der Waals surface area contributed by atoms with Gasteiger partial charge < -0.3 is 14.2 Å². The molecule has 0 bridgehead atoms. The molecule has 0 aliphatic carbocycles. The van der Waals surface area contributed by atoms with E-state index in [1.54, 1.807) is 31.4 Å². The monoisotopic (exact) mass is 402 g/mol. The summed E-state index contributed by atoms with van der Waals surface area (Å²) in [4.78, 5) is 28.4. The lowest BCUT2D eigenvalue weighted by Gasteiger charge is -2.15. The number of methoxy groups -OCH3 is 1. The van der Waals surface area contributed by atoms with Crippen LogP contribution in [0, 0.1) is 10.1 Å². The Balaban J connectivity index is 1.72. The number of ether oxygens (including phenoxy) is 1. The standard InChI is InChI=1S/C18H15ClN4O5/c1-22(18(24)14-8-5-12(23(25)26)9-15(14)19)10-16-20-17(21-28-16)11-3-6-13(27-2)7-4-11/h3-9H,10H2,1-2H3. The van der Waals surface area contributed by atoms with Gasteiger partial charge in [0.05, 0.1) is 29.2 Å². The number of nitrogens with zero attached hydrogens (tertiary/aromatic N) is 4. The van der Waals surface area contributed by atoms with Crippen molar-refractivity contribution in [3.05, 3.63) is 69.1 Å². The minimum Gasteiger partial charge on any atom is -0.497 e. The van der Waals surface area contributed by atoms with Gasteiger partial charge in [0.15, 0.2) is 0 Å². The van der Waals surface area contributed by atoms with Crippen molar-refractivity contribution in [2.24, 2.45) is 0 Å². The van der Waals surface area contributed by atoms with E-state index in [1.165, 1.54) is 24.1 Å². The zero-order valence-corrected chi connectivity index (χ0v) is 15.7. The summed E-state index contributed by atoms with van der Waals surface area (Å²) in [6, 6.07) is 10.8. The zero-order valence-electron chi connectivity index (χ0n) is 15.0. The molecule has 28 heavy (non-hydrogen) atoms. The molecule has 0 spiro atoms. The molecular formula is C18H15ClN4O5. The summed E-state index contributed by atoms with van der Waals surface area (Å²) in [6.07, 6.45) is 0. The van der Waals surface area contributed by atoms with Crippen molar-refractivity contribution in [2.45, 2.75) is 6.54 Å². The van der Waals surface area contributed by atoms with Crippen molar-refractivity contribution in [1.29, 1.82) is 0 Å².